The van der Waals surface area contributed by atoms with E-state index in [9.17, 15) is 0 Å². The summed E-state index contributed by atoms with van der Waals surface area (Å²) in [5, 5.41) is 1.24. The lowest BCUT2D eigenvalue weighted by Crippen LogP contribution is -1.95. The molecule has 1 nitrogen and oxygen atoms in total. The van der Waals surface area contributed by atoms with Gasteiger partial charge in [0.05, 0.1) is 0 Å². The highest BCUT2D eigenvalue weighted by Crippen LogP contribution is 2.31. The SMILES string of the molecule is C=CCc1cccc(CC=C)c1-c1cc2ccccc2[nH]1. The summed E-state index contributed by atoms with van der Waals surface area (Å²) in [6, 6.07) is 17.1. The summed E-state index contributed by atoms with van der Waals surface area (Å²) in [5.74, 6) is 0. The molecule has 0 aliphatic carbocycles. The van der Waals surface area contributed by atoms with Gasteiger partial charge >= 0.3 is 0 Å². The molecular formula is C20H19N. The van der Waals surface area contributed by atoms with Crippen LogP contribution in [-0.4, -0.2) is 4.98 Å². The third-order valence-electron chi connectivity index (χ3n) is 3.76. The number of hydrogen-bond donors (Lipinski definition) is 1. The van der Waals surface area contributed by atoms with Crippen molar-refractivity contribution in [3.63, 3.8) is 0 Å². The molecule has 104 valence electrons. The minimum atomic E-state index is 0.871. The Morgan fingerprint density at radius 2 is 1.52 bits per heavy atom. The molecule has 0 atom stereocenters. The molecule has 0 aliphatic heterocycles. The van der Waals surface area contributed by atoms with Crippen molar-refractivity contribution >= 4 is 10.9 Å². The molecule has 0 unspecified atom stereocenters. The van der Waals surface area contributed by atoms with Crippen LogP contribution in [0, 0.1) is 0 Å². The first-order chi connectivity index (χ1) is 10.3. The van der Waals surface area contributed by atoms with Crippen molar-refractivity contribution in [2.24, 2.45) is 0 Å². The van der Waals surface area contributed by atoms with Gasteiger partial charge in [-0.3, -0.25) is 0 Å². The Balaban J connectivity index is 2.22. The van der Waals surface area contributed by atoms with E-state index in [1.807, 2.05) is 12.2 Å². The molecule has 0 aliphatic rings. The zero-order valence-electron chi connectivity index (χ0n) is 12.1. The molecule has 0 spiro atoms. The van der Waals surface area contributed by atoms with Gasteiger partial charge in [0.15, 0.2) is 0 Å². The van der Waals surface area contributed by atoms with E-state index < -0.39 is 0 Å². The van der Waals surface area contributed by atoms with Gasteiger partial charge in [0.25, 0.3) is 0 Å². The molecule has 0 bridgehead atoms. The number of hydrogen-bond acceptors (Lipinski definition) is 0. The van der Waals surface area contributed by atoms with Crippen molar-refractivity contribution < 1.29 is 0 Å². The van der Waals surface area contributed by atoms with E-state index in [0.717, 1.165) is 12.8 Å². The number of H-pyrrole nitrogens is 1. The largest absolute Gasteiger partial charge is 0.355 e. The lowest BCUT2D eigenvalue weighted by atomic mass is 9.94. The maximum atomic E-state index is 3.88. The van der Waals surface area contributed by atoms with Gasteiger partial charge in [-0.2, -0.15) is 0 Å². The van der Waals surface area contributed by atoms with Crippen LogP contribution < -0.4 is 0 Å². The summed E-state index contributed by atoms with van der Waals surface area (Å²) in [7, 11) is 0. The number of nitrogens with one attached hydrogen (secondary N) is 1. The maximum Gasteiger partial charge on any atom is 0.0470 e. The van der Waals surface area contributed by atoms with Crippen molar-refractivity contribution in [1.29, 1.82) is 0 Å². The molecule has 1 aromatic heterocycles. The van der Waals surface area contributed by atoms with Crippen LogP contribution in [0.5, 0.6) is 0 Å². The Bertz CT molecular complexity index is 731. The fraction of sp³-hybridized carbons (Fsp3) is 0.100. The number of aromatic nitrogens is 1. The van der Waals surface area contributed by atoms with E-state index in [1.165, 1.54) is 33.3 Å². The normalized spacial score (nSPS) is 10.7. The van der Waals surface area contributed by atoms with Gasteiger partial charge in [0.1, 0.15) is 0 Å². The van der Waals surface area contributed by atoms with Crippen molar-refractivity contribution in [3.05, 3.63) is 85.0 Å². The molecule has 0 radical (unpaired) electrons. The van der Waals surface area contributed by atoms with Crippen LogP contribution in [0.1, 0.15) is 11.1 Å². The van der Waals surface area contributed by atoms with E-state index in [0.29, 0.717) is 0 Å². The van der Waals surface area contributed by atoms with Crippen molar-refractivity contribution in [1.82, 2.24) is 4.98 Å². The molecule has 0 saturated heterocycles. The first kappa shape index (κ1) is 13.4. The van der Waals surface area contributed by atoms with Crippen LogP contribution in [-0.2, 0) is 12.8 Å². The summed E-state index contributed by atoms with van der Waals surface area (Å²) in [6.07, 6.45) is 5.66. The number of para-hydroxylation sites is 1. The van der Waals surface area contributed by atoms with Gasteiger partial charge in [-0.25, -0.2) is 0 Å². The monoisotopic (exact) mass is 273 g/mol. The quantitative estimate of drug-likeness (QED) is 0.608. The first-order valence-corrected chi connectivity index (χ1v) is 7.24. The van der Waals surface area contributed by atoms with Crippen molar-refractivity contribution in [3.8, 4) is 11.3 Å². The second kappa shape index (κ2) is 5.84. The summed E-state index contributed by atoms with van der Waals surface area (Å²) in [6.45, 7) is 7.76. The number of allylic oxidation sites excluding steroid dienone is 2. The Morgan fingerprint density at radius 3 is 2.14 bits per heavy atom. The highest BCUT2D eigenvalue weighted by atomic mass is 14.7. The third kappa shape index (κ3) is 2.55. The Labute approximate surface area is 125 Å². The number of fused-ring (bicyclic) bond motifs is 1. The fourth-order valence-corrected chi connectivity index (χ4v) is 2.86. The predicted molar refractivity (Wildman–Crippen MR) is 91.5 cm³/mol. The van der Waals surface area contributed by atoms with Gasteiger partial charge < -0.3 is 4.98 Å². The summed E-state index contributed by atoms with van der Waals surface area (Å²) < 4.78 is 0. The fourth-order valence-electron chi connectivity index (χ4n) is 2.86. The minimum absolute atomic E-state index is 0.871. The number of benzene rings is 2. The van der Waals surface area contributed by atoms with Crippen LogP contribution in [0.25, 0.3) is 22.2 Å². The van der Waals surface area contributed by atoms with Gasteiger partial charge in [0.2, 0.25) is 0 Å². The van der Waals surface area contributed by atoms with E-state index in [2.05, 4.69) is 66.7 Å². The second-order valence-corrected chi connectivity index (χ2v) is 5.21. The Morgan fingerprint density at radius 1 is 0.857 bits per heavy atom. The first-order valence-electron chi connectivity index (χ1n) is 7.24. The molecule has 0 fully saturated rings. The highest BCUT2D eigenvalue weighted by molar-refractivity contribution is 5.87. The lowest BCUT2D eigenvalue weighted by molar-refractivity contribution is 1.20. The molecule has 21 heavy (non-hydrogen) atoms. The van der Waals surface area contributed by atoms with Crippen molar-refractivity contribution in [2.75, 3.05) is 0 Å². The van der Waals surface area contributed by atoms with Crippen LogP contribution in [0.15, 0.2) is 73.8 Å². The van der Waals surface area contributed by atoms with Gasteiger partial charge in [0, 0.05) is 22.2 Å². The zero-order valence-corrected chi connectivity index (χ0v) is 12.1. The summed E-state index contributed by atoms with van der Waals surface area (Å²) >= 11 is 0. The summed E-state index contributed by atoms with van der Waals surface area (Å²) in [5.41, 5.74) is 6.23. The van der Waals surface area contributed by atoms with Gasteiger partial charge in [-0.15, -0.1) is 13.2 Å². The van der Waals surface area contributed by atoms with Crippen LogP contribution in [0.3, 0.4) is 0 Å². The van der Waals surface area contributed by atoms with Crippen LogP contribution >= 0.6 is 0 Å². The zero-order chi connectivity index (χ0) is 14.7. The topological polar surface area (TPSA) is 15.8 Å². The van der Waals surface area contributed by atoms with E-state index in [-0.39, 0.29) is 0 Å². The van der Waals surface area contributed by atoms with Crippen LogP contribution in [0.4, 0.5) is 0 Å². The molecule has 1 heteroatoms. The molecule has 0 amide bonds. The lowest BCUT2D eigenvalue weighted by Gasteiger charge is -2.12. The highest BCUT2D eigenvalue weighted by Gasteiger charge is 2.11. The number of rotatable bonds is 5. The van der Waals surface area contributed by atoms with Crippen LogP contribution in [0.2, 0.25) is 0 Å². The van der Waals surface area contributed by atoms with Gasteiger partial charge in [-0.1, -0.05) is 48.6 Å². The van der Waals surface area contributed by atoms with Gasteiger partial charge in [-0.05, 0) is 36.1 Å². The third-order valence-corrected chi connectivity index (χ3v) is 3.76. The standard InChI is InChI=1S/C20H19N/c1-3-8-15-11-7-12-16(9-4-2)20(15)19-14-17-10-5-6-13-18(17)21-19/h3-7,10-14,21H,1-2,8-9H2. The second-order valence-electron chi connectivity index (χ2n) is 5.21. The molecule has 1 heterocycles. The average molecular weight is 273 g/mol. The molecule has 3 rings (SSSR count). The number of aromatic amines is 1. The van der Waals surface area contributed by atoms with Crippen molar-refractivity contribution in [2.45, 2.75) is 12.8 Å². The Hall–Kier alpha value is -2.54. The predicted octanol–water partition coefficient (Wildman–Crippen LogP) is 5.29. The average Bonchev–Trinajstić information content (AvgIpc) is 2.91. The smallest absolute Gasteiger partial charge is 0.0470 e. The molecule has 1 N–H and O–H groups in total. The summed E-state index contributed by atoms with van der Waals surface area (Å²) in [4.78, 5) is 3.54. The van der Waals surface area contributed by atoms with E-state index in [1.54, 1.807) is 0 Å². The van der Waals surface area contributed by atoms with E-state index in [4.69, 9.17) is 0 Å². The Kier molecular flexibility index (Phi) is 3.74. The maximum absolute atomic E-state index is 3.88. The molecule has 0 saturated carbocycles. The molecule has 2 aromatic carbocycles. The molecule has 3 aromatic rings. The minimum Gasteiger partial charge on any atom is -0.355 e. The molecular weight excluding hydrogens is 254 g/mol. The van der Waals surface area contributed by atoms with E-state index >= 15 is 0 Å².